The van der Waals surface area contributed by atoms with E-state index in [9.17, 15) is 4.79 Å². The standard InChI is InChI=1S/C13H20N2O2S/c1-15-7-5-13(6-8-15,12(16)17-2)14-10-11-4-3-9-18-11/h3-4,9,14H,5-8,10H2,1-2H3. The molecule has 100 valence electrons. The minimum Gasteiger partial charge on any atom is -0.468 e. The van der Waals surface area contributed by atoms with Crippen LogP contribution in [0.25, 0.3) is 0 Å². The zero-order chi connectivity index (χ0) is 13.0. The third kappa shape index (κ3) is 2.91. The third-order valence-corrected chi connectivity index (χ3v) is 4.47. The van der Waals surface area contributed by atoms with Gasteiger partial charge in [-0.05, 0) is 31.3 Å². The minimum absolute atomic E-state index is 0.132. The summed E-state index contributed by atoms with van der Waals surface area (Å²) in [5.74, 6) is -0.132. The molecule has 0 aliphatic carbocycles. The van der Waals surface area contributed by atoms with Crippen molar-refractivity contribution in [1.82, 2.24) is 10.2 Å². The second-order valence-electron chi connectivity index (χ2n) is 4.81. The van der Waals surface area contributed by atoms with Crippen LogP contribution in [0.15, 0.2) is 17.5 Å². The van der Waals surface area contributed by atoms with Gasteiger partial charge < -0.3 is 9.64 Å². The Labute approximate surface area is 112 Å². The Morgan fingerprint density at radius 2 is 2.28 bits per heavy atom. The van der Waals surface area contributed by atoms with Crippen LogP contribution in [0.2, 0.25) is 0 Å². The number of rotatable bonds is 4. The average Bonchev–Trinajstić information content (AvgIpc) is 2.91. The topological polar surface area (TPSA) is 41.6 Å². The van der Waals surface area contributed by atoms with Crippen molar-refractivity contribution in [3.8, 4) is 0 Å². The van der Waals surface area contributed by atoms with E-state index >= 15 is 0 Å². The molecule has 0 unspecified atom stereocenters. The molecule has 1 aliphatic rings. The summed E-state index contributed by atoms with van der Waals surface area (Å²) >= 11 is 1.71. The summed E-state index contributed by atoms with van der Waals surface area (Å²) in [6, 6.07) is 4.11. The fraction of sp³-hybridized carbons (Fsp3) is 0.615. The molecule has 0 amide bonds. The summed E-state index contributed by atoms with van der Waals surface area (Å²) < 4.78 is 4.98. The van der Waals surface area contributed by atoms with Crippen LogP contribution in [0, 0.1) is 0 Å². The van der Waals surface area contributed by atoms with E-state index in [1.807, 2.05) is 6.07 Å². The van der Waals surface area contributed by atoms with Crippen LogP contribution < -0.4 is 5.32 Å². The summed E-state index contributed by atoms with van der Waals surface area (Å²) in [6.07, 6.45) is 1.61. The largest absolute Gasteiger partial charge is 0.468 e. The van der Waals surface area contributed by atoms with Crippen molar-refractivity contribution in [2.45, 2.75) is 24.9 Å². The molecule has 0 spiro atoms. The van der Waals surface area contributed by atoms with E-state index in [-0.39, 0.29) is 5.97 Å². The molecule has 1 aromatic heterocycles. The Hall–Kier alpha value is -0.910. The first kappa shape index (κ1) is 13.5. The highest BCUT2D eigenvalue weighted by atomic mass is 32.1. The Morgan fingerprint density at radius 1 is 1.56 bits per heavy atom. The first-order valence-electron chi connectivity index (χ1n) is 6.21. The van der Waals surface area contributed by atoms with Gasteiger partial charge in [0, 0.05) is 24.5 Å². The van der Waals surface area contributed by atoms with Crippen LogP contribution in [0.5, 0.6) is 0 Å². The fourth-order valence-corrected chi connectivity index (χ4v) is 2.96. The van der Waals surface area contributed by atoms with Crippen molar-refractivity contribution >= 4 is 17.3 Å². The quantitative estimate of drug-likeness (QED) is 0.840. The second-order valence-corrected chi connectivity index (χ2v) is 5.84. The summed E-state index contributed by atoms with van der Waals surface area (Å²) in [4.78, 5) is 15.5. The number of esters is 1. The molecule has 5 heteroatoms. The van der Waals surface area contributed by atoms with Crippen molar-refractivity contribution in [2.24, 2.45) is 0 Å². The number of thiophene rings is 1. The Bertz CT molecular complexity index is 384. The number of hydrogen-bond acceptors (Lipinski definition) is 5. The van der Waals surface area contributed by atoms with Gasteiger partial charge in [0.2, 0.25) is 0 Å². The van der Waals surface area contributed by atoms with Crippen molar-refractivity contribution < 1.29 is 9.53 Å². The fourth-order valence-electron chi connectivity index (χ4n) is 2.32. The molecule has 1 fully saturated rings. The Kier molecular flexibility index (Phi) is 4.37. The van der Waals surface area contributed by atoms with Gasteiger partial charge in [0.1, 0.15) is 5.54 Å². The van der Waals surface area contributed by atoms with Gasteiger partial charge in [-0.2, -0.15) is 0 Å². The first-order valence-corrected chi connectivity index (χ1v) is 7.09. The van der Waals surface area contributed by atoms with E-state index in [2.05, 4.69) is 28.7 Å². The summed E-state index contributed by atoms with van der Waals surface area (Å²) in [5.41, 5.74) is -0.509. The van der Waals surface area contributed by atoms with Crippen LogP contribution in [0.1, 0.15) is 17.7 Å². The molecule has 1 aliphatic heterocycles. The maximum atomic E-state index is 12.1. The predicted molar refractivity (Wildman–Crippen MR) is 72.6 cm³/mol. The van der Waals surface area contributed by atoms with Gasteiger partial charge in [-0.1, -0.05) is 6.07 Å². The molecule has 0 radical (unpaired) electrons. The van der Waals surface area contributed by atoms with E-state index in [1.54, 1.807) is 11.3 Å². The molecule has 0 atom stereocenters. The maximum Gasteiger partial charge on any atom is 0.326 e. The number of carbonyl (C=O) groups is 1. The van der Waals surface area contributed by atoms with E-state index in [1.165, 1.54) is 12.0 Å². The van der Waals surface area contributed by atoms with E-state index < -0.39 is 5.54 Å². The third-order valence-electron chi connectivity index (χ3n) is 3.60. The Balaban J connectivity index is 2.03. The lowest BCUT2D eigenvalue weighted by Crippen LogP contribution is -2.58. The van der Waals surface area contributed by atoms with Crippen LogP contribution in [0.4, 0.5) is 0 Å². The molecule has 0 bridgehead atoms. The smallest absolute Gasteiger partial charge is 0.326 e. The van der Waals surface area contributed by atoms with Crippen LogP contribution in [0.3, 0.4) is 0 Å². The number of piperidine rings is 1. The van der Waals surface area contributed by atoms with Crippen molar-refractivity contribution in [1.29, 1.82) is 0 Å². The highest BCUT2D eigenvalue weighted by Gasteiger charge is 2.41. The monoisotopic (exact) mass is 268 g/mol. The summed E-state index contributed by atoms with van der Waals surface area (Å²) in [6.45, 7) is 2.58. The maximum absolute atomic E-state index is 12.1. The van der Waals surface area contributed by atoms with Gasteiger partial charge in [-0.25, -0.2) is 0 Å². The number of hydrogen-bond donors (Lipinski definition) is 1. The molecular weight excluding hydrogens is 248 g/mol. The number of ether oxygens (including phenoxy) is 1. The molecule has 2 rings (SSSR count). The van der Waals surface area contributed by atoms with Crippen LogP contribution in [-0.4, -0.2) is 43.7 Å². The van der Waals surface area contributed by atoms with Gasteiger partial charge in [-0.15, -0.1) is 11.3 Å². The van der Waals surface area contributed by atoms with Crippen molar-refractivity contribution in [3.05, 3.63) is 22.4 Å². The zero-order valence-corrected chi connectivity index (χ0v) is 11.8. The normalized spacial score (nSPS) is 19.7. The Morgan fingerprint density at radius 3 is 2.83 bits per heavy atom. The summed E-state index contributed by atoms with van der Waals surface area (Å²) in [5, 5.41) is 5.47. The highest BCUT2D eigenvalue weighted by molar-refractivity contribution is 7.09. The minimum atomic E-state index is -0.509. The number of nitrogens with one attached hydrogen (secondary N) is 1. The van der Waals surface area contributed by atoms with Crippen LogP contribution >= 0.6 is 11.3 Å². The van der Waals surface area contributed by atoms with E-state index in [4.69, 9.17) is 4.74 Å². The predicted octanol–water partition coefficient (Wildman–Crippen LogP) is 1.48. The lowest BCUT2D eigenvalue weighted by molar-refractivity contribution is -0.150. The number of methoxy groups -OCH3 is 1. The molecule has 4 nitrogen and oxygen atoms in total. The number of likely N-dealkylation sites (tertiary alicyclic amines) is 1. The van der Waals surface area contributed by atoms with Gasteiger partial charge in [0.15, 0.2) is 0 Å². The SMILES string of the molecule is COC(=O)C1(NCc2cccs2)CCN(C)CC1. The van der Waals surface area contributed by atoms with E-state index in [0.717, 1.165) is 32.5 Å². The number of carbonyl (C=O) groups excluding carboxylic acids is 1. The number of nitrogens with zero attached hydrogens (tertiary/aromatic N) is 1. The van der Waals surface area contributed by atoms with E-state index in [0.29, 0.717) is 0 Å². The second kappa shape index (κ2) is 5.82. The van der Waals surface area contributed by atoms with Gasteiger partial charge >= 0.3 is 5.97 Å². The average molecular weight is 268 g/mol. The molecule has 0 aromatic carbocycles. The lowest BCUT2D eigenvalue weighted by Gasteiger charge is -2.38. The molecule has 1 aromatic rings. The first-order chi connectivity index (χ1) is 8.66. The van der Waals surface area contributed by atoms with Gasteiger partial charge in [-0.3, -0.25) is 10.1 Å². The molecule has 1 saturated heterocycles. The van der Waals surface area contributed by atoms with Gasteiger partial charge in [0.25, 0.3) is 0 Å². The lowest BCUT2D eigenvalue weighted by atomic mass is 9.87. The molecule has 1 N–H and O–H groups in total. The van der Waals surface area contributed by atoms with Crippen molar-refractivity contribution in [3.63, 3.8) is 0 Å². The zero-order valence-electron chi connectivity index (χ0n) is 10.9. The summed E-state index contributed by atoms with van der Waals surface area (Å²) in [7, 11) is 3.55. The van der Waals surface area contributed by atoms with Crippen molar-refractivity contribution in [2.75, 3.05) is 27.2 Å². The van der Waals surface area contributed by atoms with Crippen LogP contribution in [-0.2, 0) is 16.1 Å². The highest BCUT2D eigenvalue weighted by Crippen LogP contribution is 2.24. The molecular formula is C13H20N2O2S. The van der Waals surface area contributed by atoms with Gasteiger partial charge in [0.05, 0.1) is 7.11 Å². The molecule has 2 heterocycles. The molecule has 18 heavy (non-hydrogen) atoms. The molecule has 0 saturated carbocycles.